The van der Waals surface area contributed by atoms with E-state index in [2.05, 4.69) is 6.92 Å². The molecule has 2 N–H and O–H groups in total. The lowest BCUT2D eigenvalue weighted by Crippen LogP contribution is -2.10. The smallest absolute Gasteiger partial charge is 0.115 e. The first kappa shape index (κ1) is 9.53. The van der Waals surface area contributed by atoms with Crippen LogP contribution in [0.3, 0.4) is 0 Å². The van der Waals surface area contributed by atoms with E-state index in [1.54, 1.807) is 6.07 Å². The minimum absolute atomic E-state index is 0.241. The molecule has 0 heterocycles. The number of benzene rings is 1. The number of rotatable bonds is 2. The van der Waals surface area contributed by atoms with Gasteiger partial charge < -0.3 is 10.2 Å². The summed E-state index contributed by atoms with van der Waals surface area (Å²) < 4.78 is 0. The first-order valence-electron chi connectivity index (χ1n) is 5.15. The zero-order chi connectivity index (χ0) is 10.1. The van der Waals surface area contributed by atoms with Crippen LogP contribution < -0.4 is 0 Å². The van der Waals surface area contributed by atoms with Crippen molar-refractivity contribution in [2.75, 3.05) is 6.61 Å². The average Bonchev–Trinajstić information content (AvgIpc) is 2.59. The molecule has 2 heteroatoms. The molecule has 0 bridgehead atoms. The number of phenols is 1. The predicted octanol–water partition coefficient (Wildman–Crippen LogP) is 2.05. The van der Waals surface area contributed by atoms with Crippen LogP contribution in [0.15, 0.2) is 18.2 Å². The Kier molecular flexibility index (Phi) is 2.46. The van der Waals surface area contributed by atoms with Crippen molar-refractivity contribution in [2.45, 2.75) is 25.7 Å². The molecule has 2 unspecified atom stereocenters. The van der Waals surface area contributed by atoms with Gasteiger partial charge in [0.15, 0.2) is 0 Å². The van der Waals surface area contributed by atoms with Crippen LogP contribution in [0, 0.1) is 5.92 Å². The van der Waals surface area contributed by atoms with Crippen molar-refractivity contribution >= 4 is 0 Å². The molecule has 1 aromatic rings. The molecule has 2 nitrogen and oxygen atoms in total. The second kappa shape index (κ2) is 3.62. The van der Waals surface area contributed by atoms with Crippen LogP contribution in [0.1, 0.15) is 30.4 Å². The first-order valence-corrected chi connectivity index (χ1v) is 5.15. The lowest BCUT2D eigenvalue weighted by Gasteiger charge is -2.17. The zero-order valence-corrected chi connectivity index (χ0v) is 8.40. The van der Waals surface area contributed by atoms with Crippen LogP contribution in [0.5, 0.6) is 5.75 Å². The summed E-state index contributed by atoms with van der Waals surface area (Å²) in [4.78, 5) is 0. The fourth-order valence-electron chi connectivity index (χ4n) is 2.36. The minimum Gasteiger partial charge on any atom is -0.508 e. The molecule has 0 saturated carbocycles. The van der Waals surface area contributed by atoms with Crippen molar-refractivity contribution in [2.24, 2.45) is 5.92 Å². The van der Waals surface area contributed by atoms with Gasteiger partial charge in [-0.05, 0) is 47.9 Å². The molecule has 1 aliphatic rings. The molecule has 0 aromatic heterocycles. The van der Waals surface area contributed by atoms with E-state index < -0.39 is 0 Å². The summed E-state index contributed by atoms with van der Waals surface area (Å²) in [7, 11) is 0. The number of phenolic OH excluding ortho intramolecular Hbond substituents is 1. The number of hydrogen-bond donors (Lipinski definition) is 2. The summed E-state index contributed by atoms with van der Waals surface area (Å²) in [5, 5.41) is 18.5. The fraction of sp³-hybridized carbons (Fsp3) is 0.500. The van der Waals surface area contributed by atoms with Gasteiger partial charge in [0.2, 0.25) is 0 Å². The van der Waals surface area contributed by atoms with Gasteiger partial charge in [0, 0.05) is 6.61 Å². The maximum atomic E-state index is 9.33. The second-order valence-electron chi connectivity index (χ2n) is 4.19. The van der Waals surface area contributed by atoms with Gasteiger partial charge >= 0.3 is 0 Å². The highest BCUT2D eigenvalue weighted by Gasteiger charge is 2.26. The van der Waals surface area contributed by atoms with Gasteiger partial charge in [0.05, 0.1) is 0 Å². The van der Waals surface area contributed by atoms with E-state index in [-0.39, 0.29) is 6.61 Å². The predicted molar refractivity (Wildman–Crippen MR) is 55.4 cm³/mol. The van der Waals surface area contributed by atoms with Crippen LogP contribution in [0.2, 0.25) is 0 Å². The van der Waals surface area contributed by atoms with Gasteiger partial charge in [-0.3, -0.25) is 0 Å². The molecule has 1 aliphatic carbocycles. The standard InChI is InChI=1S/C12H16O2/c1-8(7-13)11-4-2-9-6-10(14)3-5-12(9)11/h3,5-6,8,11,13-14H,2,4,7H2,1H3. The Morgan fingerprint density at radius 2 is 2.29 bits per heavy atom. The van der Waals surface area contributed by atoms with Crippen molar-refractivity contribution in [3.8, 4) is 5.75 Å². The summed E-state index contributed by atoms with van der Waals surface area (Å²) >= 11 is 0. The number of aliphatic hydroxyl groups excluding tert-OH is 1. The highest BCUT2D eigenvalue weighted by atomic mass is 16.3. The van der Waals surface area contributed by atoms with Gasteiger partial charge in [-0.1, -0.05) is 13.0 Å². The van der Waals surface area contributed by atoms with E-state index in [0.29, 0.717) is 17.6 Å². The summed E-state index contributed by atoms with van der Waals surface area (Å²) in [5.74, 6) is 1.14. The summed E-state index contributed by atoms with van der Waals surface area (Å²) in [6.45, 7) is 2.32. The van der Waals surface area contributed by atoms with Crippen LogP contribution in [0.4, 0.5) is 0 Å². The SMILES string of the molecule is CC(CO)C1CCc2cc(O)ccc21. The van der Waals surface area contributed by atoms with E-state index in [9.17, 15) is 5.11 Å². The fourth-order valence-corrected chi connectivity index (χ4v) is 2.36. The molecule has 1 aromatic carbocycles. The summed E-state index contributed by atoms with van der Waals surface area (Å²) in [6, 6.07) is 5.58. The van der Waals surface area contributed by atoms with Gasteiger partial charge in [-0.15, -0.1) is 0 Å². The van der Waals surface area contributed by atoms with Crippen LogP contribution in [-0.4, -0.2) is 16.8 Å². The highest BCUT2D eigenvalue weighted by molar-refractivity contribution is 5.40. The molecule has 0 aliphatic heterocycles. The van der Waals surface area contributed by atoms with Crippen LogP contribution in [-0.2, 0) is 6.42 Å². The number of aliphatic hydroxyl groups is 1. The van der Waals surface area contributed by atoms with Crippen molar-refractivity contribution < 1.29 is 10.2 Å². The van der Waals surface area contributed by atoms with Gasteiger partial charge in [0.1, 0.15) is 5.75 Å². The monoisotopic (exact) mass is 192 g/mol. The maximum Gasteiger partial charge on any atom is 0.115 e. The molecule has 0 saturated heterocycles. The van der Waals surface area contributed by atoms with Crippen molar-refractivity contribution in [3.05, 3.63) is 29.3 Å². The molecular weight excluding hydrogens is 176 g/mol. The second-order valence-corrected chi connectivity index (χ2v) is 4.19. The Morgan fingerprint density at radius 1 is 1.50 bits per heavy atom. The van der Waals surface area contributed by atoms with Crippen LogP contribution in [0.25, 0.3) is 0 Å². The average molecular weight is 192 g/mol. The lowest BCUT2D eigenvalue weighted by molar-refractivity contribution is 0.215. The Morgan fingerprint density at radius 3 is 3.00 bits per heavy atom. The Hall–Kier alpha value is -1.02. The third-order valence-electron chi connectivity index (χ3n) is 3.23. The summed E-state index contributed by atoms with van der Waals surface area (Å²) in [6.07, 6.45) is 2.12. The van der Waals surface area contributed by atoms with E-state index in [0.717, 1.165) is 12.8 Å². The van der Waals surface area contributed by atoms with Gasteiger partial charge in [-0.2, -0.15) is 0 Å². The molecular formula is C12H16O2. The summed E-state index contributed by atoms with van der Waals surface area (Å²) in [5.41, 5.74) is 2.56. The largest absolute Gasteiger partial charge is 0.508 e. The minimum atomic E-state index is 0.241. The molecule has 0 spiro atoms. The highest BCUT2D eigenvalue weighted by Crippen LogP contribution is 2.39. The van der Waals surface area contributed by atoms with Crippen molar-refractivity contribution in [3.63, 3.8) is 0 Å². The van der Waals surface area contributed by atoms with Crippen molar-refractivity contribution in [1.82, 2.24) is 0 Å². The topological polar surface area (TPSA) is 40.5 Å². The normalized spacial score (nSPS) is 22.0. The number of aromatic hydroxyl groups is 1. The van der Waals surface area contributed by atoms with E-state index in [4.69, 9.17) is 5.11 Å². The zero-order valence-electron chi connectivity index (χ0n) is 8.40. The molecule has 2 rings (SSSR count). The number of fused-ring (bicyclic) bond motifs is 1. The molecule has 2 atom stereocenters. The van der Waals surface area contributed by atoms with Crippen molar-refractivity contribution in [1.29, 1.82) is 0 Å². The lowest BCUT2D eigenvalue weighted by atomic mass is 9.89. The Balaban J connectivity index is 2.31. The van der Waals surface area contributed by atoms with E-state index in [1.807, 2.05) is 12.1 Å². The van der Waals surface area contributed by atoms with Gasteiger partial charge in [0.25, 0.3) is 0 Å². The first-order chi connectivity index (χ1) is 6.72. The van der Waals surface area contributed by atoms with Crippen LogP contribution >= 0.6 is 0 Å². The third-order valence-corrected chi connectivity index (χ3v) is 3.23. The quantitative estimate of drug-likeness (QED) is 0.753. The van der Waals surface area contributed by atoms with E-state index in [1.165, 1.54) is 11.1 Å². The molecule has 14 heavy (non-hydrogen) atoms. The van der Waals surface area contributed by atoms with E-state index >= 15 is 0 Å². The molecule has 0 radical (unpaired) electrons. The molecule has 0 amide bonds. The Labute approximate surface area is 84.2 Å². The molecule has 76 valence electrons. The third kappa shape index (κ3) is 1.50. The Bertz CT molecular complexity index is 333. The van der Waals surface area contributed by atoms with Gasteiger partial charge in [-0.25, -0.2) is 0 Å². The maximum absolute atomic E-state index is 9.33. The number of aryl methyl sites for hydroxylation is 1. The molecule has 0 fully saturated rings. The number of hydrogen-bond acceptors (Lipinski definition) is 2.